The molecule has 43 heavy (non-hydrogen) atoms. The summed E-state index contributed by atoms with van der Waals surface area (Å²) in [6, 6.07) is 7.86. The van der Waals surface area contributed by atoms with Crippen molar-refractivity contribution in [2.24, 2.45) is 11.8 Å². The minimum absolute atomic E-state index is 0.141. The van der Waals surface area contributed by atoms with E-state index in [2.05, 4.69) is 9.72 Å². The van der Waals surface area contributed by atoms with Crippen molar-refractivity contribution >= 4 is 40.5 Å². The average molecular weight is 626 g/mol. The number of aliphatic carboxylic acids is 1. The zero-order chi connectivity index (χ0) is 31.7. The molecule has 0 saturated carbocycles. The number of hydrogen-bond donors (Lipinski definition) is 1. The standard InChI is InChI=1S/C28H30F3N3O8S/c1-15(14-42-25(38)28(29,30)31)13-41-18(17-8-6-5-7-9-17)12-33-23-19(16(2)20(43-23)21-32-10-11-40-21)22(35)34(26(33)39)27(3,4)24(36)37/h5-11,15,18-19,23H,12-14H2,1-4H3,(H,36,37)/t15?,18-,19?,23?/m0/s1. The van der Waals surface area contributed by atoms with Gasteiger partial charge in [0.1, 0.15) is 17.9 Å². The Bertz CT molecular complexity index is 1400. The fourth-order valence-electron chi connectivity index (χ4n) is 4.73. The quantitative estimate of drug-likeness (QED) is 0.349. The van der Waals surface area contributed by atoms with Crippen LogP contribution >= 0.6 is 11.8 Å². The van der Waals surface area contributed by atoms with Crippen LogP contribution in [0.15, 0.2) is 52.8 Å². The van der Waals surface area contributed by atoms with Gasteiger partial charge in [0.25, 0.3) is 0 Å². The molecule has 0 radical (unpaired) electrons. The first-order valence-corrected chi connectivity index (χ1v) is 14.1. The van der Waals surface area contributed by atoms with E-state index in [9.17, 15) is 37.5 Å². The van der Waals surface area contributed by atoms with Crippen molar-refractivity contribution in [3.05, 3.63) is 59.8 Å². The van der Waals surface area contributed by atoms with Crippen molar-refractivity contribution in [1.82, 2.24) is 14.8 Å². The minimum Gasteiger partial charge on any atom is -0.480 e. The number of urea groups is 1. The number of hydrogen-bond acceptors (Lipinski definition) is 9. The molecule has 1 fully saturated rings. The number of nitrogens with zero attached hydrogens (tertiary/aromatic N) is 3. The molecular weight excluding hydrogens is 595 g/mol. The van der Waals surface area contributed by atoms with Gasteiger partial charge in [0.15, 0.2) is 0 Å². The molecule has 2 aliphatic rings. The summed E-state index contributed by atoms with van der Waals surface area (Å²) in [7, 11) is 0. The monoisotopic (exact) mass is 625 g/mol. The molecule has 3 unspecified atom stereocenters. The molecule has 232 valence electrons. The van der Waals surface area contributed by atoms with Crippen molar-refractivity contribution < 1.29 is 51.3 Å². The van der Waals surface area contributed by atoms with E-state index < -0.39 is 65.5 Å². The molecule has 3 amide bonds. The van der Waals surface area contributed by atoms with E-state index in [0.717, 1.165) is 4.90 Å². The maximum absolute atomic E-state index is 14.0. The number of carbonyl (C=O) groups is 4. The summed E-state index contributed by atoms with van der Waals surface area (Å²) in [4.78, 5) is 57.9. The summed E-state index contributed by atoms with van der Waals surface area (Å²) >= 11 is 1.19. The van der Waals surface area contributed by atoms with Crippen LogP contribution in [0.2, 0.25) is 0 Å². The van der Waals surface area contributed by atoms with Gasteiger partial charge < -0.3 is 23.9 Å². The number of ether oxygens (including phenoxy) is 2. The first-order valence-electron chi connectivity index (χ1n) is 13.2. The topological polar surface area (TPSA) is 139 Å². The Morgan fingerprint density at radius 3 is 2.42 bits per heavy atom. The summed E-state index contributed by atoms with van der Waals surface area (Å²) in [5, 5.41) is 9.14. The number of carbonyl (C=O) groups excluding carboxylic acids is 3. The number of rotatable bonds is 11. The van der Waals surface area contributed by atoms with Crippen LogP contribution in [0.25, 0.3) is 4.91 Å². The van der Waals surface area contributed by atoms with E-state index >= 15 is 0 Å². The maximum atomic E-state index is 14.0. The van der Waals surface area contributed by atoms with E-state index in [-0.39, 0.29) is 19.0 Å². The van der Waals surface area contributed by atoms with Gasteiger partial charge in [-0.1, -0.05) is 49.0 Å². The molecule has 2 aliphatic heterocycles. The van der Waals surface area contributed by atoms with Gasteiger partial charge in [0.05, 0.1) is 42.2 Å². The van der Waals surface area contributed by atoms with E-state index in [1.54, 1.807) is 37.3 Å². The first-order chi connectivity index (χ1) is 20.1. The van der Waals surface area contributed by atoms with Crippen molar-refractivity contribution in [2.75, 3.05) is 19.8 Å². The molecule has 4 rings (SSSR count). The van der Waals surface area contributed by atoms with Gasteiger partial charge in [-0.05, 0) is 31.9 Å². The molecule has 1 aromatic carbocycles. The highest BCUT2D eigenvalue weighted by atomic mass is 32.2. The van der Waals surface area contributed by atoms with Crippen molar-refractivity contribution in [3.63, 3.8) is 0 Å². The maximum Gasteiger partial charge on any atom is 0.490 e. The van der Waals surface area contributed by atoms with Crippen molar-refractivity contribution in [3.8, 4) is 0 Å². The van der Waals surface area contributed by atoms with Gasteiger partial charge in [0, 0.05) is 5.92 Å². The van der Waals surface area contributed by atoms with Crippen LogP contribution < -0.4 is 0 Å². The van der Waals surface area contributed by atoms with Crippen molar-refractivity contribution in [1.29, 1.82) is 0 Å². The molecule has 4 atom stereocenters. The third kappa shape index (κ3) is 6.56. The Kier molecular flexibility index (Phi) is 9.25. The minimum atomic E-state index is -5.12. The lowest BCUT2D eigenvalue weighted by Gasteiger charge is -2.47. The van der Waals surface area contributed by atoms with Crippen LogP contribution in [0, 0.1) is 11.8 Å². The summed E-state index contributed by atoms with van der Waals surface area (Å²) in [6.45, 7) is 4.91. The van der Waals surface area contributed by atoms with E-state index in [0.29, 0.717) is 16.0 Å². The normalized spacial score (nSPS) is 20.7. The Morgan fingerprint density at radius 1 is 1.16 bits per heavy atom. The zero-order valence-corrected chi connectivity index (χ0v) is 24.5. The SMILES string of the molecule is CC1=C(c2ncco2)SC2C1C(=O)N(C(C)(C)C(=O)O)C(=O)N2C[C@H](OCC(C)COC(=O)C(F)(F)F)c1ccccc1. The molecule has 15 heteroatoms. The summed E-state index contributed by atoms with van der Waals surface area (Å²) in [6.07, 6.45) is -3.16. The predicted octanol–water partition coefficient (Wildman–Crippen LogP) is 4.72. The number of thioether (sulfide) groups is 1. The third-order valence-electron chi connectivity index (χ3n) is 7.13. The molecule has 3 heterocycles. The lowest BCUT2D eigenvalue weighted by molar-refractivity contribution is -0.201. The van der Waals surface area contributed by atoms with Crippen LogP contribution in [-0.4, -0.2) is 80.6 Å². The number of alkyl halides is 3. The molecular formula is C28H30F3N3O8S. The molecule has 1 saturated heterocycles. The number of halogens is 3. The fraction of sp³-hybridized carbons (Fsp3) is 0.464. The average Bonchev–Trinajstić information content (AvgIpc) is 3.59. The van der Waals surface area contributed by atoms with Gasteiger partial charge in [-0.2, -0.15) is 13.2 Å². The summed E-state index contributed by atoms with van der Waals surface area (Å²) in [5.74, 6) is -5.68. The second-order valence-electron chi connectivity index (χ2n) is 10.7. The molecule has 11 nitrogen and oxygen atoms in total. The number of oxazole rings is 1. The molecule has 0 spiro atoms. The highest BCUT2D eigenvalue weighted by Crippen LogP contribution is 2.52. The molecule has 2 aromatic rings. The number of carboxylic acid groups (broad SMARTS) is 1. The number of benzene rings is 1. The molecule has 1 aromatic heterocycles. The zero-order valence-electron chi connectivity index (χ0n) is 23.7. The number of fused-ring (bicyclic) bond motifs is 1. The van der Waals surface area contributed by atoms with Gasteiger partial charge in [-0.25, -0.2) is 24.3 Å². The van der Waals surface area contributed by atoms with Gasteiger partial charge in [-0.3, -0.25) is 4.79 Å². The number of aromatic nitrogens is 1. The largest absolute Gasteiger partial charge is 0.490 e. The highest BCUT2D eigenvalue weighted by molar-refractivity contribution is 8.09. The Hall–Kier alpha value is -3.85. The van der Waals surface area contributed by atoms with E-state index in [4.69, 9.17) is 9.15 Å². The Balaban J connectivity index is 1.64. The van der Waals surface area contributed by atoms with Crippen LogP contribution in [0.4, 0.5) is 18.0 Å². The summed E-state index contributed by atoms with van der Waals surface area (Å²) in [5.41, 5.74) is -0.718. The Labute approximate surface area is 249 Å². The van der Waals surface area contributed by atoms with Crippen LogP contribution in [0.1, 0.15) is 45.3 Å². The predicted molar refractivity (Wildman–Crippen MR) is 146 cm³/mol. The van der Waals surface area contributed by atoms with Crippen LogP contribution in [0.3, 0.4) is 0 Å². The van der Waals surface area contributed by atoms with Gasteiger partial charge in [0.2, 0.25) is 11.8 Å². The number of esters is 1. The van der Waals surface area contributed by atoms with Gasteiger partial charge in [-0.15, -0.1) is 0 Å². The van der Waals surface area contributed by atoms with E-state index in [1.807, 2.05) is 0 Å². The smallest absolute Gasteiger partial charge is 0.480 e. The molecule has 0 aliphatic carbocycles. The number of carboxylic acids is 1. The van der Waals surface area contributed by atoms with Crippen LogP contribution in [0.5, 0.6) is 0 Å². The Morgan fingerprint density at radius 2 is 1.84 bits per heavy atom. The second-order valence-corrected chi connectivity index (χ2v) is 11.9. The summed E-state index contributed by atoms with van der Waals surface area (Å²) < 4.78 is 53.5. The fourth-order valence-corrected chi connectivity index (χ4v) is 6.25. The molecule has 1 N–H and O–H groups in total. The van der Waals surface area contributed by atoms with Crippen LogP contribution in [-0.2, 0) is 23.9 Å². The molecule has 0 bridgehead atoms. The lowest BCUT2D eigenvalue weighted by atomic mass is 9.91. The van der Waals surface area contributed by atoms with Crippen molar-refractivity contribution in [2.45, 2.75) is 50.9 Å². The number of amides is 3. The third-order valence-corrected chi connectivity index (χ3v) is 8.63. The second kappa shape index (κ2) is 12.4. The lowest BCUT2D eigenvalue weighted by Crippen LogP contribution is -2.67. The highest BCUT2D eigenvalue weighted by Gasteiger charge is 2.57. The van der Waals surface area contributed by atoms with Gasteiger partial charge >= 0.3 is 24.1 Å². The van der Waals surface area contributed by atoms with E-state index in [1.165, 1.54) is 49.9 Å². The number of imide groups is 1. The first kappa shape index (κ1) is 32.1.